The van der Waals surface area contributed by atoms with E-state index < -0.39 is 0 Å². The number of nitriles is 1. The Balaban J connectivity index is 2.18. The summed E-state index contributed by atoms with van der Waals surface area (Å²) in [6, 6.07) is 16.6. The lowest BCUT2D eigenvalue weighted by Crippen LogP contribution is -2.10. The normalized spacial score (nSPS) is 11.6. The number of aryl methyl sites for hydroxylation is 1. The maximum atomic E-state index is 9.00. The summed E-state index contributed by atoms with van der Waals surface area (Å²) in [5, 5.41) is 12.5. The smallest absolute Gasteiger partial charge is 0.0992 e. The van der Waals surface area contributed by atoms with Gasteiger partial charge in [0.25, 0.3) is 0 Å². The summed E-state index contributed by atoms with van der Waals surface area (Å²) in [7, 11) is 4.07. The van der Waals surface area contributed by atoms with Crippen LogP contribution in [0.3, 0.4) is 0 Å². The molecule has 3 heteroatoms. The predicted octanol–water partition coefficient (Wildman–Crippen LogP) is 4.11. The molecule has 0 aliphatic heterocycles. The third-order valence-corrected chi connectivity index (χ3v) is 3.65. The molecule has 2 aromatic carbocycles. The number of nitrogens with zero attached hydrogens (tertiary/aromatic N) is 2. The second kappa shape index (κ2) is 6.32. The van der Waals surface area contributed by atoms with Crippen molar-refractivity contribution >= 4 is 11.4 Å². The molecule has 0 amide bonds. The van der Waals surface area contributed by atoms with Gasteiger partial charge in [0.1, 0.15) is 0 Å². The van der Waals surface area contributed by atoms with Crippen molar-refractivity contribution in [1.29, 1.82) is 5.26 Å². The van der Waals surface area contributed by atoms with Gasteiger partial charge in [0.15, 0.2) is 0 Å². The number of nitrogens with one attached hydrogen (secondary N) is 1. The summed E-state index contributed by atoms with van der Waals surface area (Å²) in [5.41, 5.74) is 5.25. The van der Waals surface area contributed by atoms with Gasteiger partial charge in [-0.05, 0) is 49.2 Å². The van der Waals surface area contributed by atoms with Crippen molar-refractivity contribution in [1.82, 2.24) is 0 Å². The second-order valence-corrected chi connectivity index (χ2v) is 5.49. The van der Waals surface area contributed by atoms with Crippen LogP contribution in [0.4, 0.5) is 11.4 Å². The summed E-state index contributed by atoms with van der Waals surface area (Å²) >= 11 is 0. The quantitative estimate of drug-likeness (QED) is 0.915. The average molecular weight is 279 g/mol. The molecule has 1 unspecified atom stereocenters. The number of rotatable bonds is 4. The Morgan fingerprint density at radius 3 is 2.33 bits per heavy atom. The first kappa shape index (κ1) is 14.9. The molecular weight excluding hydrogens is 258 g/mol. The van der Waals surface area contributed by atoms with Crippen LogP contribution in [0.15, 0.2) is 42.5 Å². The Morgan fingerprint density at radius 1 is 1.10 bits per heavy atom. The molecular formula is C18H21N3. The first-order valence-electron chi connectivity index (χ1n) is 7.06. The molecule has 0 aromatic heterocycles. The largest absolute Gasteiger partial charge is 0.378 e. The van der Waals surface area contributed by atoms with E-state index in [2.05, 4.69) is 47.5 Å². The van der Waals surface area contributed by atoms with E-state index in [1.807, 2.05) is 39.2 Å². The maximum absolute atomic E-state index is 9.00. The minimum Gasteiger partial charge on any atom is -0.378 e. The van der Waals surface area contributed by atoms with Crippen LogP contribution in [0.25, 0.3) is 0 Å². The summed E-state index contributed by atoms with van der Waals surface area (Å²) in [4.78, 5) is 2.09. The van der Waals surface area contributed by atoms with Crippen molar-refractivity contribution in [3.05, 3.63) is 59.2 Å². The molecule has 1 N–H and O–H groups in total. The molecule has 1 atom stereocenters. The van der Waals surface area contributed by atoms with Crippen LogP contribution in [0.5, 0.6) is 0 Å². The van der Waals surface area contributed by atoms with E-state index in [9.17, 15) is 0 Å². The van der Waals surface area contributed by atoms with E-state index in [1.54, 1.807) is 0 Å². The highest BCUT2D eigenvalue weighted by Crippen LogP contribution is 2.24. The van der Waals surface area contributed by atoms with Crippen LogP contribution >= 0.6 is 0 Å². The molecule has 0 radical (unpaired) electrons. The van der Waals surface area contributed by atoms with Crippen LogP contribution in [-0.2, 0) is 0 Å². The number of hydrogen-bond acceptors (Lipinski definition) is 3. The van der Waals surface area contributed by atoms with Crippen LogP contribution in [0.2, 0.25) is 0 Å². The van der Waals surface area contributed by atoms with E-state index in [-0.39, 0.29) is 6.04 Å². The van der Waals surface area contributed by atoms with Crippen molar-refractivity contribution in [3.63, 3.8) is 0 Å². The standard InChI is InChI=1S/C18H21N3/c1-13-5-6-15(12-19)11-18(13)20-14(2)16-7-9-17(10-8-16)21(3)4/h5-11,14,20H,1-4H3. The van der Waals surface area contributed by atoms with E-state index in [0.29, 0.717) is 5.56 Å². The van der Waals surface area contributed by atoms with Crippen LogP contribution < -0.4 is 10.2 Å². The molecule has 0 fully saturated rings. The fourth-order valence-electron chi connectivity index (χ4n) is 2.22. The zero-order chi connectivity index (χ0) is 15.4. The SMILES string of the molecule is Cc1ccc(C#N)cc1NC(C)c1ccc(N(C)C)cc1. The molecule has 0 aliphatic rings. The number of hydrogen-bond donors (Lipinski definition) is 1. The van der Waals surface area contributed by atoms with Gasteiger partial charge in [-0.1, -0.05) is 18.2 Å². The molecule has 0 heterocycles. The molecule has 0 spiro atoms. The zero-order valence-corrected chi connectivity index (χ0v) is 13.0. The summed E-state index contributed by atoms with van der Waals surface area (Å²) in [6.07, 6.45) is 0. The van der Waals surface area contributed by atoms with Gasteiger partial charge in [0.2, 0.25) is 0 Å². The van der Waals surface area contributed by atoms with Gasteiger partial charge < -0.3 is 10.2 Å². The Labute approximate surface area is 126 Å². The van der Waals surface area contributed by atoms with Crippen molar-refractivity contribution in [2.45, 2.75) is 19.9 Å². The monoisotopic (exact) mass is 279 g/mol. The highest BCUT2D eigenvalue weighted by atomic mass is 15.1. The molecule has 2 rings (SSSR count). The average Bonchev–Trinajstić information content (AvgIpc) is 2.49. The van der Waals surface area contributed by atoms with Gasteiger partial charge in [-0.3, -0.25) is 0 Å². The van der Waals surface area contributed by atoms with E-state index in [1.165, 1.54) is 11.3 Å². The van der Waals surface area contributed by atoms with Crippen molar-refractivity contribution in [2.24, 2.45) is 0 Å². The van der Waals surface area contributed by atoms with Gasteiger partial charge >= 0.3 is 0 Å². The molecule has 0 saturated heterocycles. The molecule has 0 saturated carbocycles. The lowest BCUT2D eigenvalue weighted by Gasteiger charge is -2.19. The Kier molecular flexibility index (Phi) is 4.49. The topological polar surface area (TPSA) is 39.1 Å². The van der Waals surface area contributed by atoms with Crippen molar-refractivity contribution < 1.29 is 0 Å². The van der Waals surface area contributed by atoms with Crippen molar-refractivity contribution in [3.8, 4) is 6.07 Å². The summed E-state index contributed by atoms with van der Waals surface area (Å²) in [5.74, 6) is 0. The number of benzene rings is 2. The highest BCUT2D eigenvalue weighted by molar-refractivity contribution is 5.56. The Bertz CT molecular complexity index is 651. The molecule has 108 valence electrons. The third kappa shape index (κ3) is 3.55. The fourth-order valence-corrected chi connectivity index (χ4v) is 2.22. The third-order valence-electron chi connectivity index (χ3n) is 3.65. The Hall–Kier alpha value is -2.47. The minimum absolute atomic E-state index is 0.189. The van der Waals surface area contributed by atoms with Crippen LogP contribution in [0, 0.1) is 18.3 Å². The summed E-state index contributed by atoms with van der Waals surface area (Å²) in [6.45, 7) is 4.18. The maximum Gasteiger partial charge on any atom is 0.0992 e. The zero-order valence-electron chi connectivity index (χ0n) is 13.0. The lowest BCUT2D eigenvalue weighted by atomic mass is 10.1. The van der Waals surface area contributed by atoms with Gasteiger partial charge in [0.05, 0.1) is 11.6 Å². The van der Waals surface area contributed by atoms with Crippen molar-refractivity contribution in [2.75, 3.05) is 24.3 Å². The van der Waals surface area contributed by atoms with Gasteiger partial charge in [-0.15, -0.1) is 0 Å². The van der Waals surface area contributed by atoms with Gasteiger partial charge in [-0.2, -0.15) is 5.26 Å². The molecule has 0 aliphatic carbocycles. The molecule has 0 bridgehead atoms. The van der Waals surface area contributed by atoms with Crippen LogP contribution in [-0.4, -0.2) is 14.1 Å². The van der Waals surface area contributed by atoms with Crippen LogP contribution in [0.1, 0.15) is 29.7 Å². The second-order valence-electron chi connectivity index (χ2n) is 5.49. The molecule has 21 heavy (non-hydrogen) atoms. The number of anilines is 2. The predicted molar refractivity (Wildman–Crippen MR) is 88.7 cm³/mol. The van der Waals surface area contributed by atoms with E-state index in [4.69, 9.17) is 5.26 Å². The first-order valence-corrected chi connectivity index (χ1v) is 7.06. The molecule has 3 nitrogen and oxygen atoms in total. The summed E-state index contributed by atoms with van der Waals surface area (Å²) < 4.78 is 0. The van der Waals surface area contributed by atoms with Gasteiger partial charge in [-0.25, -0.2) is 0 Å². The Morgan fingerprint density at radius 2 is 1.76 bits per heavy atom. The highest BCUT2D eigenvalue weighted by Gasteiger charge is 2.08. The van der Waals surface area contributed by atoms with Gasteiger partial charge in [0, 0.05) is 31.5 Å². The molecule has 2 aromatic rings. The van der Waals surface area contributed by atoms with E-state index >= 15 is 0 Å². The first-order chi connectivity index (χ1) is 10.0. The van der Waals surface area contributed by atoms with E-state index in [0.717, 1.165) is 11.3 Å². The fraction of sp³-hybridized carbons (Fsp3) is 0.278. The lowest BCUT2D eigenvalue weighted by molar-refractivity contribution is 0.882. The minimum atomic E-state index is 0.189.